The molecular formula is C6H10O3. The third-order valence-corrected chi connectivity index (χ3v) is 1.08. The van der Waals surface area contributed by atoms with Crippen LogP contribution in [0.3, 0.4) is 0 Å². The highest BCUT2D eigenvalue weighted by Gasteiger charge is 2.15. The Bertz CT molecular complexity index is 114. The lowest BCUT2D eigenvalue weighted by Crippen LogP contribution is -2.18. The van der Waals surface area contributed by atoms with Gasteiger partial charge >= 0.3 is 5.97 Å². The topological polar surface area (TPSA) is 57.5 Å². The second-order valence-electron chi connectivity index (χ2n) is 1.92. The van der Waals surface area contributed by atoms with Gasteiger partial charge < -0.3 is 10.2 Å². The van der Waals surface area contributed by atoms with E-state index in [1.807, 2.05) is 0 Å². The molecule has 9 heavy (non-hydrogen) atoms. The average Bonchev–Trinajstić information content (AvgIpc) is 1.64. The summed E-state index contributed by atoms with van der Waals surface area (Å²) in [5, 5.41) is 16.7. The number of rotatable bonds is 3. The maximum absolute atomic E-state index is 10.2. The van der Waals surface area contributed by atoms with Crippen molar-refractivity contribution in [1.29, 1.82) is 0 Å². The highest BCUT2D eigenvalue weighted by molar-refractivity contribution is 5.73. The lowest BCUT2D eigenvalue weighted by molar-refractivity contribution is -0.141. The van der Waals surface area contributed by atoms with Gasteiger partial charge in [0.05, 0.1) is 6.61 Å². The SMILES string of the molecule is C=C(C)C(CO)C(=O)O. The first-order valence-corrected chi connectivity index (χ1v) is 2.58. The fourth-order valence-corrected chi connectivity index (χ4v) is 0.445. The minimum absolute atomic E-state index is 0.370. The molecule has 0 aliphatic rings. The summed E-state index contributed by atoms with van der Waals surface area (Å²) in [6, 6.07) is 0. The highest BCUT2D eigenvalue weighted by Crippen LogP contribution is 2.05. The Hall–Kier alpha value is -0.830. The van der Waals surface area contributed by atoms with Gasteiger partial charge in [-0.3, -0.25) is 4.79 Å². The van der Waals surface area contributed by atoms with Crippen molar-refractivity contribution in [3.63, 3.8) is 0 Å². The van der Waals surface area contributed by atoms with Crippen LogP contribution in [0.5, 0.6) is 0 Å². The molecule has 0 aliphatic heterocycles. The molecule has 1 atom stereocenters. The van der Waals surface area contributed by atoms with Gasteiger partial charge in [0.25, 0.3) is 0 Å². The lowest BCUT2D eigenvalue weighted by Gasteiger charge is -2.05. The van der Waals surface area contributed by atoms with Gasteiger partial charge in [-0.1, -0.05) is 12.2 Å². The number of hydrogen-bond donors (Lipinski definition) is 2. The van der Waals surface area contributed by atoms with E-state index in [1.54, 1.807) is 6.92 Å². The molecule has 0 bridgehead atoms. The van der Waals surface area contributed by atoms with Gasteiger partial charge in [0.1, 0.15) is 5.92 Å². The normalized spacial score (nSPS) is 12.7. The van der Waals surface area contributed by atoms with Crippen molar-refractivity contribution in [1.82, 2.24) is 0 Å². The number of carbonyl (C=O) groups is 1. The van der Waals surface area contributed by atoms with Gasteiger partial charge in [-0.25, -0.2) is 0 Å². The molecule has 3 nitrogen and oxygen atoms in total. The molecule has 3 heteroatoms. The maximum Gasteiger partial charge on any atom is 0.312 e. The minimum atomic E-state index is -1.02. The number of aliphatic carboxylic acids is 1. The van der Waals surface area contributed by atoms with Crippen LogP contribution in [0.15, 0.2) is 12.2 Å². The second-order valence-corrected chi connectivity index (χ2v) is 1.92. The highest BCUT2D eigenvalue weighted by atomic mass is 16.4. The standard InChI is InChI=1S/C6H10O3/c1-4(2)5(3-7)6(8)9/h5,7H,1,3H2,2H3,(H,8,9). The van der Waals surface area contributed by atoms with Crippen molar-refractivity contribution in [2.45, 2.75) is 6.92 Å². The van der Waals surface area contributed by atoms with E-state index in [-0.39, 0.29) is 6.61 Å². The van der Waals surface area contributed by atoms with Crippen LogP contribution in [0.2, 0.25) is 0 Å². The first-order valence-electron chi connectivity index (χ1n) is 2.58. The third-order valence-electron chi connectivity index (χ3n) is 1.08. The number of hydrogen-bond acceptors (Lipinski definition) is 2. The van der Waals surface area contributed by atoms with Gasteiger partial charge in [0, 0.05) is 0 Å². The van der Waals surface area contributed by atoms with E-state index in [9.17, 15) is 4.79 Å². The van der Waals surface area contributed by atoms with Crippen LogP contribution in [-0.4, -0.2) is 22.8 Å². The van der Waals surface area contributed by atoms with Crippen molar-refractivity contribution < 1.29 is 15.0 Å². The molecule has 52 valence electrons. The van der Waals surface area contributed by atoms with E-state index in [4.69, 9.17) is 10.2 Å². The first kappa shape index (κ1) is 8.17. The van der Waals surface area contributed by atoms with Crippen molar-refractivity contribution in [3.05, 3.63) is 12.2 Å². The fraction of sp³-hybridized carbons (Fsp3) is 0.500. The van der Waals surface area contributed by atoms with Crippen LogP contribution in [0.1, 0.15) is 6.92 Å². The number of aliphatic hydroxyl groups excluding tert-OH is 1. The predicted molar refractivity (Wildman–Crippen MR) is 33.0 cm³/mol. The van der Waals surface area contributed by atoms with Crippen LogP contribution in [0.25, 0.3) is 0 Å². The van der Waals surface area contributed by atoms with Gasteiger partial charge in [0.2, 0.25) is 0 Å². The first-order chi connectivity index (χ1) is 4.09. The van der Waals surface area contributed by atoms with Crippen molar-refractivity contribution in [2.24, 2.45) is 5.92 Å². The van der Waals surface area contributed by atoms with Gasteiger partial charge in [-0.2, -0.15) is 0 Å². The average molecular weight is 130 g/mol. The molecule has 0 spiro atoms. The lowest BCUT2D eigenvalue weighted by atomic mass is 10.0. The molecule has 0 amide bonds. The molecule has 0 aromatic carbocycles. The summed E-state index contributed by atoms with van der Waals surface area (Å²) in [6.07, 6.45) is 0. The summed E-state index contributed by atoms with van der Waals surface area (Å²) in [4.78, 5) is 10.2. The molecule has 1 unspecified atom stereocenters. The summed E-state index contributed by atoms with van der Waals surface area (Å²) in [6.45, 7) is 4.61. The van der Waals surface area contributed by atoms with E-state index >= 15 is 0 Å². The molecule has 0 aromatic rings. The molecule has 0 saturated heterocycles. The molecule has 0 heterocycles. The van der Waals surface area contributed by atoms with Crippen molar-refractivity contribution in [2.75, 3.05) is 6.61 Å². The van der Waals surface area contributed by atoms with Crippen LogP contribution in [0.4, 0.5) is 0 Å². The summed E-state index contributed by atoms with van der Waals surface area (Å²) in [5.74, 6) is -1.82. The number of carboxylic acid groups (broad SMARTS) is 1. The van der Waals surface area contributed by atoms with Crippen LogP contribution >= 0.6 is 0 Å². The Labute approximate surface area is 53.6 Å². The minimum Gasteiger partial charge on any atom is -0.481 e. The molecule has 0 aromatic heterocycles. The van der Waals surface area contributed by atoms with Gasteiger partial charge in [0.15, 0.2) is 0 Å². The van der Waals surface area contributed by atoms with Gasteiger partial charge in [-0.05, 0) is 6.92 Å². The van der Waals surface area contributed by atoms with E-state index in [1.165, 1.54) is 0 Å². The third kappa shape index (κ3) is 2.28. The molecule has 0 radical (unpaired) electrons. The van der Waals surface area contributed by atoms with Crippen LogP contribution < -0.4 is 0 Å². The summed E-state index contributed by atoms with van der Waals surface area (Å²) >= 11 is 0. The molecule has 0 saturated carbocycles. The van der Waals surface area contributed by atoms with Crippen molar-refractivity contribution in [3.8, 4) is 0 Å². The Balaban J connectivity index is 3.99. The maximum atomic E-state index is 10.2. The summed E-state index contributed by atoms with van der Waals surface area (Å²) in [5.41, 5.74) is 0.477. The smallest absolute Gasteiger partial charge is 0.312 e. The van der Waals surface area contributed by atoms with E-state index in [0.29, 0.717) is 5.57 Å². The Morgan fingerprint density at radius 1 is 1.78 bits per heavy atom. The molecule has 2 N–H and O–H groups in total. The quantitative estimate of drug-likeness (QED) is 0.538. The Morgan fingerprint density at radius 3 is 2.22 bits per heavy atom. The zero-order valence-corrected chi connectivity index (χ0v) is 5.29. The predicted octanol–water partition coefficient (Wildman–Crippen LogP) is 0.256. The molecule has 0 rings (SSSR count). The fourth-order valence-electron chi connectivity index (χ4n) is 0.445. The van der Waals surface area contributed by atoms with E-state index in [0.717, 1.165) is 0 Å². The van der Waals surface area contributed by atoms with Crippen LogP contribution in [0, 0.1) is 5.92 Å². The zero-order valence-electron chi connectivity index (χ0n) is 5.29. The monoisotopic (exact) mass is 130 g/mol. The molecule has 0 fully saturated rings. The Morgan fingerprint density at radius 2 is 2.22 bits per heavy atom. The largest absolute Gasteiger partial charge is 0.481 e. The van der Waals surface area contributed by atoms with E-state index in [2.05, 4.69) is 6.58 Å². The molecule has 0 aliphatic carbocycles. The van der Waals surface area contributed by atoms with E-state index < -0.39 is 11.9 Å². The summed E-state index contributed by atoms with van der Waals surface area (Å²) < 4.78 is 0. The van der Waals surface area contributed by atoms with Crippen molar-refractivity contribution >= 4 is 5.97 Å². The molecular weight excluding hydrogens is 120 g/mol. The number of carboxylic acids is 1. The number of aliphatic hydroxyl groups is 1. The Kier molecular flexibility index (Phi) is 2.95. The second kappa shape index (κ2) is 3.25. The zero-order chi connectivity index (χ0) is 7.44. The summed E-state index contributed by atoms with van der Waals surface area (Å²) in [7, 11) is 0. The van der Waals surface area contributed by atoms with Gasteiger partial charge in [-0.15, -0.1) is 0 Å². The van der Waals surface area contributed by atoms with Crippen LogP contribution in [-0.2, 0) is 4.79 Å².